The fourth-order valence-corrected chi connectivity index (χ4v) is 4.15. The molecule has 0 spiro atoms. The number of para-hydroxylation sites is 1. The second kappa shape index (κ2) is 8.70. The fourth-order valence-electron chi connectivity index (χ4n) is 4.15. The fraction of sp³-hybridized carbons (Fsp3) is 0.240. The molecular weight excluding hydrogens is 404 g/mol. The van der Waals surface area contributed by atoms with E-state index in [0.29, 0.717) is 17.6 Å². The van der Waals surface area contributed by atoms with E-state index in [1.54, 1.807) is 13.3 Å². The molecule has 32 heavy (non-hydrogen) atoms. The molecule has 1 amide bonds. The molecule has 2 aromatic heterocycles. The van der Waals surface area contributed by atoms with Crippen LogP contribution in [0.5, 0.6) is 5.75 Å². The molecule has 1 atom stereocenters. The smallest absolute Gasteiger partial charge is 0.281 e. The molecule has 0 radical (unpaired) electrons. The average molecular weight is 431 g/mol. The van der Waals surface area contributed by atoms with Crippen LogP contribution in [0.4, 0.5) is 0 Å². The van der Waals surface area contributed by atoms with Crippen LogP contribution in [0.3, 0.4) is 0 Å². The molecular formula is C25H26N4O3. The lowest BCUT2D eigenvalue weighted by Gasteiger charge is -2.18. The first-order chi connectivity index (χ1) is 15.4. The van der Waals surface area contributed by atoms with Crippen molar-refractivity contribution in [3.8, 4) is 11.4 Å². The number of fused-ring (bicyclic) bond motifs is 1. The Morgan fingerprint density at radius 3 is 2.56 bits per heavy atom. The molecule has 4 rings (SSSR count). The maximum atomic E-state index is 13.3. The van der Waals surface area contributed by atoms with E-state index >= 15 is 0 Å². The van der Waals surface area contributed by atoms with Crippen molar-refractivity contribution in [2.75, 3.05) is 7.11 Å². The number of hydrogen-bond acceptors (Lipinski definition) is 4. The van der Waals surface area contributed by atoms with Gasteiger partial charge in [-0.3, -0.25) is 9.59 Å². The largest absolute Gasteiger partial charge is 0.497 e. The van der Waals surface area contributed by atoms with Crippen molar-refractivity contribution >= 4 is 16.7 Å². The average Bonchev–Trinajstić information content (AvgIpc) is 3.08. The van der Waals surface area contributed by atoms with Crippen LogP contribution >= 0.6 is 0 Å². The number of carbonyl (C=O) groups is 1. The van der Waals surface area contributed by atoms with E-state index < -0.39 is 6.04 Å². The Hall–Kier alpha value is -3.87. The van der Waals surface area contributed by atoms with E-state index in [2.05, 4.69) is 10.4 Å². The third-order valence-corrected chi connectivity index (χ3v) is 5.82. The number of aromatic nitrogens is 3. The van der Waals surface area contributed by atoms with Crippen molar-refractivity contribution in [2.45, 2.75) is 33.4 Å². The molecule has 0 fully saturated rings. The van der Waals surface area contributed by atoms with Gasteiger partial charge in [0, 0.05) is 23.3 Å². The summed E-state index contributed by atoms with van der Waals surface area (Å²) in [6.45, 7) is 6.01. The van der Waals surface area contributed by atoms with E-state index in [1.165, 1.54) is 4.68 Å². The number of methoxy groups -OCH3 is 1. The van der Waals surface area contributed by atoms with Crippen LogP contribution in [-0.4, -0.2) is 27.4 Å². The third kappa shape index (κ3) is 3.77. The van der Waals surface area contributed by atoms with Crippen molar-refractivity contribution < 1.29 is 9.53 Å². The monoisotopic (exact) mass is 430 g/mol. The van der Waals surface area contributed by atoms with E-state index in [4.69, 9.17) is 4.74 Å². The van der Waals surface area contributed by atoms with Crippen LogP contribution in [0.25, 0.3) is 16.5 Å². The van der Waals surface area contributed by atoms with Crippen LogP contribution in [0.2, 0.25) is 0 Å². The number of amides is 1. The van der Waals surface area contributed by atoms with E-state index in [0.717, 1.165) is 28.1 Å². The second-order valence-electron chi connectivity index (χ2n) is 7.77. The summed E-state index contributed by atoms with van der Waals surface area (Å²) in [7, 11) is 1.61. The molecule has 1 N–H and O–H groups in total. The third-order valence-electron chi connectivity index (χ3n) is 5.82. The Balaban J connectivity index is 1.65. The first-order valence-electron chi connectivity index (χ1n) is 10.5. The predicted molar refractivity (Wildman–Crippen MR) is 124 cm³/mol. The number of hydrogen-bond donors (Lipinski definition) is 1. The quantitative estimate of drug-likeness (QED) is 0.506. The maximum absolute atomic E-state index is 13.3. The van der Waals surface area contributed by atoms with E-state index in [9.17, 15) is 9.59 Å². The Morgan fingerprint density at radius 1 is 1.09 bits per heavy atom. The highest BCUT2D eigenvalue weighted by atomic mass is 16.5. The normalized spacial score (nSPS) is 12.0. The zero-order chi connectivity index (χ0) is 22.8. The predicted octanol–water partition coefficient (Wildman–Crippen LogP) is 3.69. The van der Waals surface area contributed by atoms with Crippen molar-refractivity contribution in [1.82, 2.24) is 19.7 Å². The minimum Gasteiger partial charge on any atom is -0.497 e. The highest BCUT2D eigenvalue weighted by molar-refractivity contribution is 5.89. The highest BCUT2D eigenvalue weighted by Gasteiger charge is 2.23. The maximum Gasteiger partial charge on any atom is 0.281 e. The minimum absolute atomic E-state index is 0.129. The zero-order valence-electron chi connectivity index (χ0n) is 18.6. The molecule has 7 heteroatoms. The number of nitrogens with one attached hydrogen (secondary N) is 1. The van der Waals surface area contributed by atoms with Gasteiger partial charge < -0.3 is 14.6 Å². The highest BCUT2D eigenvalue weighted by Crippen LogP contribution is 2.26. The standard InChI is InChI=1S/C25H26N4O3/c1-16-22-15-27-29(20-10-6-5-7-11-20)25(31)23(22)17(2)28(16)18(3)24(30)26-14-19-9-8-12-21(13-19)32-4/h5-13,15,18H,14H2,1-4H3,(H,26,30)/t18-/m0/s1. The Morgan fingerprint density at radius 2 is 1.84 bits per heavy atom. The molecule has 0 aliphatic rings. The van der Waals surface area contributed by atoms with Crippen molar-refractivity contribution in [3.63, 3.8) is 0 Å². The van der Waals surface area contributed by atoms with Crippen LogP contribution in [0.15, 0.2) is 65.6 Å². The summed E-state index contributed by atoms with van der Waals surface area (Å²) in [6, 6.07) is 16.4. The molecule has 4 aromatic rings. The Kier molecular flexibility index (Phi) is 5.81. The summed E-state index contributed by atoms with van der Waals surface area (Å²) in [5, 5.41) is 8.69. The molecule has 0 unspecified atom stereocenters. The van der Waals surface area contributed by atoms with Crippen LogP contribution in [0, 0.1) is 13.8 Å². The lowest BCUT2D eigenvalue weighted by molar-refractivity contribution is -0.124. The van der Waals surface area contributed by atoms with Crippen LogP contribution in [-0.2, 0) is 11.3 Å². The SMILES string of the molecule is COc1cccc(CNC(=O)[C@H](C)n2c(C)c3cnn(-c4ccccc4)c(=O)c3c2C)c1. The van der Waals surface area contributed by atoms with Crippen LogP contribution < -0.4 is 15.6 Å². The van der Waals surface area contributed by atoms with Crippen molar-refractivity contribution in [3.05, 3.63) is 88.1 Å². The first-order valence-corrected chi connectivity index (χ1v) is 10.5. The van der Waals surface area contributed by atoms with Crippen molar-refractivity contribution in [1.29, 1.82) is 0 Å². The van der Waals surface area contributed by atoms with E-state index in [1.807, 2.05) is 79.9 Å². The minimum atomic E-state index is -0.488. The summed E-state index contributed by atoms with van der Waals surface area (Å²) in [4.78, 5) is 26.2. The number of nitrogens with zero attached hydrogens (tertiary/aromatic N) is 3. The van der Waals surface area contributed by atoms with Gasteiger partial charge in [0.15, 0.2) is 0 Å². The zero-order valence-corrected chi connectivity index (χ0v) is 18.6. The molecule has 0 aliphatic heterocycles. The number of benzene rings is 2. The molecule has 2 heterocycles. The Bertz CT molecular complexity index is 1340. The van der Waals surface area contributed by atoms with Crippen molar-refractivity contribution in [2.24, 2.45) is 0 Å². The van der Waals surface area contributed by atoms with Gasteiger partial charge in [-0.25, -0.2) is 0 Å². The van der Waals surface area contributed by atoms with Gasteiger partial charge in [0.25, 0.3) is 5.56 Å². The second-order valence-corrected chi connectivity index (χ2v) is 7.77. The number of ether oxygens (including phenoxy) is 1. The molecule has 0 bridgehead atoms. The summed E-state index contributed by atoms with van der Waals surface area (Å²) in [5.41, 5.74) is 3.04. The number of aryl methyl sites for hydroxylation is 2. The molecule has 2 aromatic carbocycles. The van der Waals surface area contributed by atoms with E-state index in [-0.39, 0.29) is 11.5 Å². The van der Waals surface area contributed by atoms with Gasteiger partial charge in [-0.1, -0.05) is 30.3 Å². The molecule has 0 saturated heterocycles. The van der Waals surface area contributed by atoms with Gasteiger partial charge in [-0.05, 0) is 50.6 Å². The van der Waals surface area contributed by atoms with Gasteiger partial charge in [0.05, 0.1) is 24.4 Å². The summed E-state index contributed by atoms with van der Waals surface area (Å²) < 4.78 is 8.54. The number of rotatable bonds is 6. The van der Waals surface area contributed by atoms with Gasteiger partial charge in [-0.2, -0.15) is 9.78 Å². The van der Waals surface area contributed by atoms with Gasteiger partial charge in [0.1, 0.15) is 11.8 Å². The topological polar surface area (TPSA) is 78.2 Å². The molecule has 7 nitrogen and oxygen atoms in total. The summed E-state index contributed by atoms with van der Waals surface area (Å²) in [6.07, 6.45) is 1.70. The number of carbonyl (C=O) groups excluding carboxylic acids is 1. The summed E-state index contributed by atoms with van der Waals surface area (Å²) >= 11 is 0. The van der Waals surface area contributed by atoms with Gasteiger partial charge >= 0.3 is 0 Å². The lowest BCUT2D eigenvalue weighted by Crippen LogP contribution is -2.31. The van der Waals surface area contributed by atoms with Gasteiger partial charge in [-0.15, -0.1) is 0 Å². The lowest BCUT2D eigenvalue weighted by atomic mass is 10.2. The molecule has 164 valence electrons. The van der Waals surface area contributed by atoms with Gasteiger partial charge in [0.2, 0.25) is 5.91 Å². The summed E-state index contributed by atoms with van der Waals surface area (Å²) in [5.74, 6) is 0.617. The Labute approximate surface area is 186 Å². The van der Waals surface area contributed by atoms with Crippen LogP contribution in [0.1, 0.15) is 29.9 Å². The first kappa shape index (κ1) is 21.4. The molecule has 0 saturated carbocycles. The molecule has 0 aliphatic carbocycles.